The number of sulfonamides is 1. The van der Waals surface area contributed by atoms with Gasteiger partial charge in [0.1, 0.15) is 4.90 Å². The van der Waals surface area contributed by atoms with Gasteiger partial charge in [0.05, 0.1) is 17.2 Å². The smallest absolute Gasteiger partial charge is 0.254 e. The first-order valence-corrected chi connectivity index (χ1v) is 10.0. The molecule has 1 amide bonds. The molecule has 1 fully saturated rings. The van der Waals surface area contributed by atoms with E-state index < -0.39 is 15.6 Å². The lowest BCUT2D eigenvalue weighted by Crippen LogP contribution is -2.48. The van der Waals surface area contributed by atoms with E-state index in [1.165, 1.54) is 12.1 Å². The van der Waals surface area contributed by atoms with Crippen molar-refractivity contribution in [2.45, 2.75) is 57.3 Å². The second-order valence-corrected chi connectivity index (χ2v) is 9.53. The predicted octanol–water partition coefficient (Wildman–Crippen LogP) is 2.67. The van der Waals surface area contributed by atoms with Crippen molar-refractivity contribution in [2.24, 2.45) is 0 Å². The van der Waals surface area contributed by atoms with Gasteiger partial charge in [-0.05, 0) is 52.8 Å². The average molecular weight is 389 g/mol. The van der Waals surface area contributed by atoms with Crippen molar-refractivity contribution in [3.63, 3.8) is 0 Å². The predicted molar refractivity (Wildman–Crippen MR) is 97.4 cm³/mol. The second kappa shape index (κ2) is 7.23. The van der Waals surface area contributed by atoms with Gasteiger partial charge in [0.15, 0.2) is 0 Å². The number of hydrogen-bond acceptors (Lipinski definition) is 4. The summed E-state index contributed by atoms with van der Waals surface area (Å²) in [5.41, 5.74) is -0.364. The number of nitrogens with one attached hydrogen (secondary N) is 1. The summed E-state index contributed by atoms with van der Waals surface area (Å²) >= 11 is 6.08. The monoisotopic (exact) mass is 388 g/mol. The van der Waals surface area contributed by atoms with Gasteiger partial charge in [-0.1, -0.05) is 11.6 Å². The number of halogens is 1. The van der Waals surface area contributed by atoms with Crippen molar-refractivity contribution in [3.05, 3.63) is 28.8 Å². The molecule has 1 N–H and O–H groups in total. The molecule has 1 saturated heterocycles. The lowest BCUT2D eigenvalue weighted by atomic mass is 10.1. The van der Waals surface area contributed by atoms with Gasteiger partial charge in [-0.2, -0.15) is 0 Å². The Morgan fingerprint density at radius 2 is 1.80 bits per heavy atom. The summed E-state index contributed by atoms with van der Waals surface area (Å²) in [6.07, 6.45) is -0.128. The first kappa shape index (κ1) is 20.2. The van der Waals surface area contributed by atoms with Gasteiger partial charge in [0, 0.05) is 24.2 Å². The van der Waals surface area contributed by atoms with Crippen LogP contribution in [-0.4, -0.2) is 50.1 Å². The number of benzene rings is 1. The van der Waals surface area contributed by atoms with E-state index in [-0.39, 0.29) is 28.0 Å². The molecule has 1 aliphatic heterocycles. The molecule has 2 unspecified atom stereocenters. The van der Waals surface area contributed by atoms with Crippen LogP contribution in [0.25, 0.3) is 0 Å². The maximum atomic E-state index is 12.8. The molecule has 6 nitrogen and oxygen atoms in total. The average Bonchev–Trinajstić information content (AvgIpc) is 2.43. The molecule has 0 aliphatic carbocycles. The van der Waals surface area contributed by atoms with Crippen LogP contribution in [0.4, 0.5) is 0 Å². The van der Waals surface area contributed by atoms with Crippen LogP contribution >= 0.6 is 11.6 Å². The summed E-state index contributed by atoms with van der Waals surface area (Å²) in [6, 6.07) is 4.33. The first-order valence-electron chi connectivity index (χ1n) is 8.17. The molecule has 0 bridgehead atoms. The zero-order chi connectivity index (χ0) is 19.0. The van der Waals surface area contributed by atoms with Gasteiger partial charge in [0.2, 0.25) is 10.0 Å². The molecule has 8 heteroatoms. The van der Waals surface area contributed by atoms with Crippen molar-refractivity contribution in [1.29, 1.82) is 0 Å². The fourth-order valence-corrected chi connectivity index (χ4v) is 4.77. The first-order chi connectivity index (χ1) is 11.4. The Morgan fingerprint density at radius 1 is 1.24 bits per heavy atom. The van der Waals surface area contributed by atoms with Crippen molar-refractivity contribution in [1.82, 2.24) is 9.62 Å². The summed E-state index contributed by atoms with van der Waals surface area (Å²) in [7, 11) is -3.83. The third-order valence-electron chi connectivity index (χ3n) is 3.62. The Hall–Kier alpha value is -1.15. The van der Waals surface area contributed by atoms with E-state index in [2.05, 4.69) is 4.72 Å². The van der Waals surface area contributed by atoms with Crippen molar-refractivity contribution in [3.8, 4) is 0 Å². The molecule has 0 saturated carbocycles. The Bertz CT molecular complexity index is 748. The highest BCUT2D eigenvalue weighted by Crippen LogP contribution is 2.25. The van der Waals surface area contributed by atoms with Crippen LogP contribution < -0.4 is 4.72 Å². The molecular formula is C17H25ClN2O4S. The molecule has 0 spiro atoms. The minimum Gasteiger partial charge on any atom is -0.372 e. The lowest BCUT2D eigenvalue weighted by Gasteiger charge is -2.35. The third-order valence-corrected chi connectivity index (χ3v) is 5.85. The normalized spacial score (nSPS) is 22.1. The lowest BCUT2D eigenvalue weighted by molar-refractivity contribution is -0.0586. The van der Waals surface area contributed by atoms with Crippen LogP contribution in [0.15, 0.2) is 23.1 Å². The minimum atomic E-state index is -3.83. The molecule has 1 aromatic carbocycles. The molecule has 140 valence electrons. The molecule has 1 aliphatic rings. The number of ether oxygens (including phenoxy) is 1. The van der Waals surface area contributed by atoms with Crippen molar-refractivity contribution < 1.29 is 17.9 Å². The highest BCUT2D eigenvalue weighted by molar-refractivity contribution is 7.89. The highest BCUT2D eigenvalue weighted by Gasteiger charge is 2.29. The number of nitrogens with zero attached hydrogens (tertiary/aromatic N) is 1. The summed E-state index contributed by atoms with van der Waals surface area (Å²) in [5.74, 6) is -0.231. The van der Waals surface area contributed by atoms with Gasteiger partial charge in [0.25, 0.3) is 5.91 Å². The van der Waals surface area contributed by atoms with Crippen molar-refractivity contribution >= 4 is 27.5 Å². The van der Waals surface area contributed by atoms with Crippen LogP contribution in [0, 0.1) is 0 Å². The number of hydrogen-bond donors (Lipinski definition) is 1. The molecule has 25 heavy (non-hydrogen) atoms. The highest BCUT2D eigenvalue weighted by atomic mass is 35.5. The van der Waals surface area contributed by atoms with E-state index in [9.17, 15) is 13.2 Å². The zero-order valence-electron chi connectivity index (χ0n) is 15.2. The number of rotatable bonds is 3. The van der Waals surface area contributed by atoms with Crippen LogP contribution in [0.5, 0.6) is 0 Å². The summed E-state index contributed by atoms with van der Waals surface area (Å²) < 4.78 is 33.4. The van der Waals surface area contributed by atoms with Gasteiger partial charge in [-0.3, -0.25) is 4.79 Å². The van der Waals surface area contributed by atoms with Crippen molar-refractivity contribution in [2.75, 3.05) is 13.1 Å². The number of carbonyl (C=O) groups excluding carboxylic acids is 1. The van der Waals surface area contributed by atoms with E-state index in [1.54, 1.807) is 31.7 Å². The van der Waals surface area contributed by atoms with Gasteiger partial charge < -0.3 is 9.64 Å². The molecular weight excluding hydrogens is 364 g/mol. The van der Waals surface area contributed by atoms with Gasteiger partial charge in [-0.25, -0.2) is 13.1 Å². The standard InChI is InChI=1S/C17H25ClN2O4S/c1-11-9-20(10-12(2)24-11)16(21)13-6-7-14(18)15(8-13)25(22,23)19-17(3,4)5/h6-8,11-12,19H,9-10H2,1-5H3. The Balaban J connectivity index is 2.34. The Kier molecular flexibility index (Phi) is 5.83. The quantitative estimate of drug-likeness (QED) is 0.863. The van der Waals surface area contributed by atoms with Crippen LogP contribution in [0.3, 0.4) is 0 Å². The van der Waals surface area contributed by atoms with E-state index in [1.807, 2.05) is 13.8 Å². The maximum absolute atomic E-state index is 12.8. The summed E-state index contributed by atoms with van der Waals surface area (Å²) in [4.78, 5) is 14.4. The molecule has 1 aromatic rings. The topological polar surface area (TPSA) is 75.7 Å². The van der Waals surface area contributed by atoms with E-state index in [0.29, 0.717) is 18.7 Å². The molecule has 2 rings (SSSR count). The SMILES string of the molecule is CC1CN(C(=O)c2ccc(Cl)c(S(=O)(=O)NC(C)(C)C)c2)CC(C)O1. The van der Waals surface area contributed by atoms with E-state index in [4.69, 9.17) is 16.3 Å². The van der Waals surface area contributed by atoms with E-state index >= 15 is 0 Å². The third kappa shape index (κ3) is 5.17. The molecule has 2 atom stereocenters. The molecule has 0 radical (unpaired) electrons. The molecule has 0 aromatic heterocycles. The number of carbonyl (C=O) groups is 1. The Morgan fingerprint density at radius 3 is 2.32 bits per heavy atom. The number of amides is 1. The largest absolute Gasteiger partial charge is 0.372 e. The number of morpholine rings is 1. The Labute approximate surface area is 154 Å². The zero-order valence-corrected chi connectivity index (χ0v) is 16.7. The fourth-order valence-electron chi connectivity index (χ4n) is 2.83. The maximum Gasteiger partial charge on any atom is 0.254 e. The van der Waals surface area contributed by atoms with Crippen LogP contribution in [-0.2, 0) is 14.8 Å². The molecule has 1 heterocycles. The second-order valence-electron chi connectivity index (χ2n) is 7.47. The van der Waals surface area contributed by atoms with Gasteiger partial charge >= 0.3 is 0 Å². The van der Waals surface area contributed by atoms with E-state index in [0.717, 1.165) is 0 Å². The van der Waals surface area contributed by atoms with Gasteiger partial charge in [-0.15, -0.1) is 0 Å². The minimum absolute atomic E-state index is 0.0641. The summed E-state index contributed by atoms with van der Waals surface area (Å²) in [6.45, 7) is 9.96. The van der Waals surface area contributed by atoms with Crippen LogP contribution in [0.1, 0.15) is 45.0 Å². The van der Waals surface area contributed by atoms with Crippen LogP contribution in [0.2, 0.25) is 5.02 Å². The fraction of sp³-hybridized carbons (Fsp3) is 0.588. The summed E-state index contributed by atoms with van der Waals surface area (Å²) in [5, 5.41) is 0.0806.